The number of hydrogen-bond donors (Lipinski definition) is 1. The van der Waals surface area contributed by atoms with Gasteiger partial charge in [-0.1, -0.05) is 11.9 Å². The molecule has 1 radical (unpaired) electrons. The molecule has 2 heterocycles. The molecule has 0 aromatic carbocycles. The van der Waals surface area contributed by atoms with E-state index >= 15 is 0 Å². The normalized spacial score (nSPS) is 42.7. The molecule has 8 heteroatoms. The van der Waals surface area contributed by atoms with E-state index in [1.165, 1.54) is 7.11 Å². The Balaban J connectivity index is 2.14. The molecular formula is C10H18BO6S. The summed E-state index contributed by atoms with van der Waals surface area (Å²) in [4.78, 5) is 0. The summed E-state index contributed by atoms with van der Waals surface area (Å²) in [5.41, 5.74) is -1.05. The molecule has 2 rings (SSSR count). The number of hydrogen-bond acceptors (Lipinski definition) is 7. The van der Waals surface area contributed by atoms with E-state index in [1.54, 1.807) is 13.8 Å². The summed E-state index contributed by atoms with van der Waals surface area (Å²) in [6.45, 7) is 3.39. The van der Waals surface area contributed by atoms with Gasteiger partial charge in [0, 0.05) is 7.11 Å². The lowest BCUT2D eigenvalue weighted by molar-refractivity contribution is -0.260. The van der Waals surface area contributed by atoms with E-state index in [0.29, 0.717) is 0 Å². The van der Waals surface area contributed by atoms with Crippen molar-refractivity contribution in [2.45, 2.75) is 43.7 Å². The van der Waals surface area contributed by atoms with E-state index in [9.17, 15) is 5.11 Å². The Morgan fingerprint density at radius 2 is 2.22 bits per heavy atom. The molecule has 0 aromatic rings. The van der Waals surface area contributed by atoms with E-state index in [0.717, 1.165) is 19.0 Å². The van der Waals surface area contributed by atoms with E-state index in [-0.39, 0.29) is 13.2 Å². The highest BCUT2D eigenvalue weighted by molar-refractivity contribution is 8.15. The van der Waals surface area contributed by atoms with Gasteiger partial charge in [-0.3, -0.25) is 0 Å². The highest BCUT2D eigenvalue weighted by Gasteiger charge is 2.63. The second kappa shape index (κ2) is 5.28. The largest absolute Gasteiger partial charge is 0.393 e. The molecule has 1 unspecified atom stereocenters. The Bertz CT molecular complexity index is 322. The van der Waals surface area contributed by atoms with Gasteiger partial charge in [0.1, 0.15) is 17.8 Å². The molecule has 1 N–H and O–H groups in total. The summed E-state index contributed by atoms with van der Waals surface area (Å²) in [5, 5.41) is 9.68. The SMILES string of the molecule is [3H][B]SOC[C@]1(CO)O[C@@H](OC)C2OC(C)(C)O[C@H]21. The molecule has 2 aliphatic heterocycles. The third kappa shape index (κ3) is 2.43. The van der Waals surface area contributed by atoms with Crippen molar-refractivity contribution in [2.75, 3.05) is 20.3 Å². The lowest BCUT2D eigenvalue weighted by atomic mass is 9.97. The van der Waals surface area contributed by atoms with Crippen molar-refractivity contribution in [3.8, 4) is 0 Å². The average molecular weight is 279 g/mol. The van der Waals surface area contributed by atoms with Crippen molar-refractivity contribution < 1.29 is 28.2 Å². The van der Waals surface area contributed by atoms with Crippen molar-refractivity contribution in [3.05, 3.63) is 0 Å². The lowest BCUT2D eigenvalue weighted by Gasteiger charge is -2.32. The van der Waals surface area contributed by atoms with Crippen LogP contribution in [0.25, 0.3) is 0 Å². The van der Waals surface area contributed by atoms with Gasteiger partial charge in [0.25, 0.3) is 0 Å². The predicted octanol–water partition coefficient (Wildman–Crippen LogP) is -0.279. The second-order valence-electron chi connectivity index (χ2n) is 4.82. The summed E-state index contributed by atoms with van der Waals surface area (Å²) in [6, 6.07) is 0. The van der Waals surface area contributed by atoms with Gasteiger partial charge < -0.3 is 28.2 Å². The van der Waals surface area contributed by atoms with Gasteiger partial charge in [0.2, 0.25) is 7.09 Å². The van der Waals surface area contributed by atoms with Crippen LogP contribution in [-0.2, 0) is 23.1 Å². The van der Waals surface area contributed by atoms with Crippen molar-refractivity contribution in [3.63, 3.8) is 0 Å². The van der Waals surface area contributed by atoms with Crippen LogP contribution in [0.5, 0.6) is 0 Å². The summed E-state index contributed by atoms with van der Waals surface area (Å²) in [5.74, 6) is -0.759. The standard InChI is InChI=1S/C10H18BO6S/c1-9(2)15-6-7(16-9)10(4-12,5-14-18-11)17-8(6)13-3/h6-8,11-12H,4-5H2,1-3H3/t6?,7-,8-,10+/m1/s1/i11T. The first kappa shape index (κ1) is 13.2. The predicted molar refractivity (Wildman–Crippen MR) is 66.2 cm³/mol. The van der Waals surface area contributed by atoms with E-state index < -0.39 is 29.9 Å². The second-order valence-corrected chi connectivity index (χ2v) is 5.25. The number of methoxy groups -OCH3 is 1. The number of rotatable bonds is 6. The zero-order valence-electron chi connectivity index (χ0n) is 11.6. The van der Waals surface area contributed by atoms with Gasteiger partial charge in [0.15, 0.2) is 12.1 Å². The Kier molecular flexibility index (Phi) is 3.86. The van der Waals surface area contributed by atoms with Crippen LogP contribution in [0.1, 0.15) is 13.8 Å². The molecule has 2 fully saturated rings. The minimum Gasteiger partial charge on any atom is -0.393 e. The first-order valence-electron chi connectivity index (χ1n) is 6.21. The quantitative estimate of drug-likeness (QED) is 0.407. The Labute approximate surface area is 113 Å². The molecule has 2 saturated heterocycles. The van der Waals surface area contributed by atoms with Crippen LogP contribution in [0, 0.1) is 0 Å². The third-order valence-corrected chi connectivity index (χ3v) is 3.39. The molecule has 0 saturated carbocycles. The van der Waals surface area contributed by atoms with Gasteiger partial charge in [0.05, 0.1) is 13.2 Å². The molecule has 0 aromatic heterocycles. The summed E-state index contributed by atoms with van der Waals surface area (Å²) in [7, 11) is 2.57. The van der Waals surface area contributed by atoms with Gasteiger partial charge in [-0.2, -0.15) is 0 Å². The monoisotopic (exact) mass is 279 g/mol. The Morgan fingerprint density at radius 3 is 2.83 bits per heavy atom. The fraction of sp³-hybridized carbons (Fsp3) is 1.00. The van der Waals surface area contributed by atoms with Crippen molar-refractivity contribution in [1.82, 2.24) is 0 Å². The molecular weight excluding hydrogens is 259 g/mol. The van der Waals surface area contributed by atoms with Crippen LogP contribution in [-0.4, -0.2) is 63.7 Å². The maximum absolute atomic E-state index is 9.68. The molecule has 6 nitrogen and oxygen atoms in total. The van der Waals surface area contributed by atoms with Gasteiger partial charge in [-0.25, -0.2) is 0 Å². The summed E-state index contributed by atoms with van der Waals surface area (Å²) < 4.78 is 34.7. The fourth-order valence-corrected chi connectivity index (χ4v) is 2.63. The van der Waals surface area contributed by atoms with Gasteiger partial charge in [-0.05, 0) is 15.2 Å². The van der Waals surface area contributed by atoms with Crippen LogP contribution >= 0.6 is 11.9 Å². The van der Waals surface area contributed by atoms with Crippen LogP contribution in [0.2, 0.25) is 0 Å². The topological polar surface area (TPSA) is 66.4 Å². The maximum Gasteiger partial charge on any atom is 0.209 e. The molecule has 103 valence electrons. The molecule has 0 bridgehead atoms. The molecule has 18 heavy (non-hydrogen) atoms. The van der Waals surface area contributed by atoms with E-state index in [2.05, 4.69) is 0 Å². The van der Waals surface area contributed by atoms with Crippen molar-refractivity contribution in [1.29, 1.82) is 1.34 Å². The first-order valence-corrected chi connectivity index (χ1v) is 6.44. The number of fused-ring (bicyclic) bond motifs is 1. The minimum absolute atomic E-state index is 0.0734. The van der Waals surface area contributed by atoms with Gasteiger partial charge >= 0.3 is 0 Å². The maximum atomic E-state index is 9.68. The van der Waals surface area contributed by atoms with Crippen molar-refractivity contribution >= 4 is 19.0 Å². The minimum atomic E-state index is -1.05. The van der Waals surface area contributed by atoms with Crippen LogP contribution in [0.3, 0.4) is 0 Å². The Hall–Kier alpha value is 0.175. The van der Waals surface area contributed by atoms with Crippen molar-refractivity contribution in [2.24, 2.45) is 0 Å². The lowest BCUT2D eigenvalue weighted by Crippen LogP contribution is -2.49. The zero-order chi connectivity index (χ0) is 14.1. The number of aliphatic hydroxyl groups excluding tert-OH is 1. The highest BCUT2D eigenvalue weighted by atomic mass is 32.2. The fourth-order valence-electron chi connectivity index (χ4n) is 2.37. The Morgan fingerprint density at radius 1 is 1.44 bits per heavy atom. The average Bonchev–Trinajstić information content (AvgIpc) is 2.83. The van der Waals surface area contributed by atoms with Gasteiger partial charge in [-0.15, -0.1) is 0 Å². The highest BCUT2D eigenvalue weighted by Crippen LogP contribution is 2.44. The zero-order valence-corrected chi connectivity index (χ0v) is 11.4. The first-order chi connectivity index (χ1) is 8.98. The van der Waals surface area contributed by atoms with Crippen LogP contribution < -0.4 is 0 Å². The molecule has 0 aliphatic carbocycles. The molecule has 4 atom stereocenters. The number of ether oxygens (including phenoxy) is 4. The molecule has 0 spiro atoms. The summed E-state index contributed by atoms with van der Waals surface area (Å²) >= 11 is 0.865. The van der Waals surface area contributed by atoms with Crippen LogP contribution in [0.15, 0.2) is 0 Å². The third-order valence-electron chi connectivity index (χ3n) is 3.14. The smallest absolute Gasteiger partial charge is 0.209 e. The number of aliphatic hydroxyl groups is 1. The molecule has 0 amide bonds. The van der Waals surface area contributed by atoms with Crippen LogP contribution in [0.4, 0.5) is 0 Å². The van der Waals surface area contributed by atoms with E-state index in [1.807, 2.05) is 0 Å². The summed E-state index contributed by atoms with van der Waals surface area (Å²) in [6.07, 6.45) is -1.52. The van der Waals surface area contributed by atoms with E-state index in [4.69, 9.17) is 24.5 Å². The molecule has 2 aliphatic rings.